The molecule has 0 radical (unpaired) electrons. The Labute approximate surface area is 159 Å². The maximum atomic E-state index is 12.9. The van der Waals surface area contributed by atoms with Crippen LogP contribution in [0.4, 0.5) is 0 Å². The molecule has 0 bridgehead atoms. The van der Waals surface area contributed by atoms with Gasteiger partial charge in [0.2, 0.25) is 6.79 Å². The number of carbonyl (C=O) groups is 1. The largest absolute Gasteiger partial charge is 0.491 e. The van der Waals surface area contributed by atoms with E-state index in [4.69, 9.17) is 23.4 Å². The second-order valence-electron chi connectivity index (χ2n) is 6.66. The molecule has 3 heterocycles. The van der Waals surface area contributed by atoms with Crippen LogP contribution in [0.15, 0.2) is 51.7 Å². The lowest BCUT2D eigenvalue weighted by molar-refractivity contribution is -0.147. The number of benzene rings is 2. The molecule has 3 aromatic rings. The highest BCUT2D eigenvalue weighted by atomic mass is 16.7. The Morgan fingerprint density at radius 1 is 1.07 bits per heavy atom. The van der Waals surface area contributed by atoms with Crippen LogP contribution in [0.2, 0.25) is 0 Å². The van der Waals surface area contributed by atoms with Gasteiger partial charge < -0.3 is 23.4 Å². The summed E-state index contributed by atoms with van der Waals surface area (Å²) >= 11 is 0. The minimum absolute atomic E-state index is 0.0895. The number of fused-ring (bicyclic) bond motifs is 4. The lowest BCUT2D eigenvalue weighted by atomic mass is 9.79. The van der Waals surface area contributed by atoms with Crippen molar-refractivity contribution in [3.63, 3.8) is 0 Å². The number of methoxy groups -OCH3 is 1. The van der Waals surface area contributed by atoms with Crippen molar-refractivity contribution in [2.24, 2.45) is 5.92 Å². The average molecular weight is 380 g/mol. The molecule has 0 fully saturated rings. The summed E-state index contributed by atoms with van der Waals surface area (Å²) in [6.07, 6.45) is 0. The van der Waals surface area contributed by atoms with Gasteiger partial charge in [-0.1, -0.05) is 18.2 Å². The van der Waals surface area contributed by atoms with Gasteiger partial charge in [0.05, 0.1) is 18.1 Å². The first kappa shape index (κ1) is 16.7. The molecule has 28 heavy (non-hydrogen) atoms. The second-order valence-corrected chi connectivity index (χ2v) is 6.66. The molecule has 0 aliphatic carbocycles. The first-order chi connectivity index (χ1) is 13.7. The summed E-state index contributed by atoms with van der Waals surface area (Å²) in [5.41, 5.74) is 0.933. The zero-order valence-corrected chi connectivity index (χ0v) is 15.0. The van der Waals surface area contributed by atoms with Gasteiger partial charge in [-0.05, 0) is 29.8 Å². The molecule has 142 valence electrons. The van der Waals surface area contributed by atoms with E-state index in [-0.39, 0.29) is 13.4 Å². The van der Waals surface area contributed by atoms with Gasteiger partial charge in [-0.25, -0.2) is 4.79 Å². The van der Waals surface area contributed by atoms with Crippen LogP contribution in [-0.4, -0.2) is 26.5 Å². The van der Waals surface area contributed by atoms with Gasteiger partial charge in [-0.15, -0.1) is 0 Å². The van der Waals surface area contributed by atoms with Gasteiger partial charge >= 0.3 is 11.6 Å². The van der Waals surface area contributed by atoms with Gasteiger partial charge in [0.25, 0.3) is 0 Å². The van der Waals surface area contributed by atoms with Crippen molar-refractivity contribution in [1.29, 1.82) is 0 Å². The molecule has 7 heteroatoms. The van der Waals surface area contributed by atoms with E-state index in [0.29, 0.717) is 33.8 Å². The molecule has 2 aliphatic rings. The molecule has 0 amide bonds. The van der Waals surface area contributed by atoms with Crippen molar-refractivity contribution < 1.29 is 28.2 Å². The average Bonchev–Trinajstić information content (AvgIpc) is 3.20. The maximum Gasteiger partial charge on any atom is 0.343 e. The van der Waals surface area contributed by atoms with Gasteiger partial charge in [-0.2, -0.15) is 0 Å². The summed E-state index contributed by atoms with van der Waals surface area (Å²) in [5, 5.41) is 0.686. The highest BCUT2D eigenvalue weighted by Crippen LogP contribution is 2.45. The molecule has 0 saturated carbocycles. The number of rotatable bonds is 2. The second kappa shape index (κ2) is 6.30. The molecule has 7 nitrogen and oxygen atoms in total. The third-order valence-electron chi connectivity index (χ3n) is 5.18. The van der Waals surface area contributed by atoms with E-state index in [1.54, 1.807) is 24.3 Å². The van der Waals surface area contributed by atoms with Crippen molar-refractivity contribution >= 4 is 16.9 Å². The quantitative estimate of drug-likeness (QED) is 0.499. The Bertz CT molecular complexity index is 1150. The molecule has 0 unspecified atom stereocenters. The Morgan fingerprint density at radius 2 is 1.89 bits per heavy atom. The van der Waals surface area contributed by atoms with Crippen LogP contribution in [0.5, 0.6) is 17.2 Å². The molecule has 0 spiro atoms. The summed E-state index contributed by atoms with van der Waals surface area (Å²) in [7, 11) is 1.32. The van der Waals surface area contributed by atoms with E-state index in [0.717, 1.165) is 5.56 Å². The Balaban J connectivity index is 1.76. The maximum absolute atomic E-state index is 12.9. The molecule has 5 rings (SSSR count). The summed E-state index contributed by atoms with van der Waals surface area (Å²) in [6, 6.07) is 12.5. The summed E-state index contributed by atoms with van der Waals surface area (Å²) in [6.45, 7) is 0.225. The van der Waals surface area contributed by atoms with Crippen LogP contribution >= 0.6 is 0 Å². The SMILES string of the molecule is COC(=O)[C@@H]1COc2c(c(=O)oc3ccccc23)[C@@H]1c1ccc2c(c1)OCO2. The lowest BCUT2D eigenvalue weighted by Crippen LogP contribution is -2.36. The standard InChI is InChI=1S/C21H16O7/c1-24-20(22)13-9-25-19-12-4-2-3-5-14(12)28-21(23)18(19)17(13)11-6-7-15-16(8-11)27-10-26-15/h2-8,13,17H,9-10H2,1H3/t13-,17-/m1/s1. The summed E-state index contributed by atoms with van der Waals surface area (Å²) < 4.78 is 27.2. The minimum Gasteiger partial charge on any atom is -0.491 e. The third-order valence-corrected chi connectivity index (χ3v) is 5.18. The van der Waals surface area contributed by atoms with Crippen molar-refractivity contribution in [1.82, 2.24) is 0 Å². The van der Waals surface area contributed by atoms with Gasteiger partial charge in [0, 0.05) is 5.92 Å². The molecule has 2 aliphatic heterocycles. The van der Waals surface area contributed by atoms with Gasteiger partial charge in [0.15, 0.2) is 11.5 Å². The van der Waals surface area contributed by atoms with Crippen molar-refractivity contribution in [2.75, 3.05) is 20.5 Å². The van der Waals surface area contributed by atoms with Gasteiger partial charge in [0.1, 0.15) is 23.9 Å². The zero-order valence-electron chi connectivity index (χ0n) is 15.0. The van der Waals surface area contributed by atoms with Crippen molar-refractivity contribution in [3.05, 3.63) is 64.0 Å². The number of carbonyl (C=O) groups excluding carboxylic acids is 1. The van der Waals surface area contributed by atoms with Crippen LogP contribution in [-0.2, 0) is 9.53 Å². The molecule has 0 saturated heterocycles. The fraction of sp³-hybridized carbons (Fsp3) is 0.238. The Morgan fingerprint density at radius 3 is 2.75 bits per heavy atom. The molecule has 1 aromatic heterocycles. The molecule has 2 atom stereocenters. The molecule has 2 aromatic carbocycles. The first-order valence-corrected chi connectivity index (χ1v) is 8.83. The molecular weight excluding hydrogens is 364 g/mol. The fourth-order valence-electron chi connectivity index (χ4n) is 3.89. The predicted octanol–water partition coefficient (Wildman–Crippen LogP) is 2.84. The Kier molecular flexibility index (Phi) is 3.75. The van der Waals surface area contributed by atoms with E-state index >= 15 is 0 Å². The zero-order chi connectivity index (χ0) is 19.3. The highest BCUT2D eigenvalue weighted by molar-refractivity contribution is 5.86. The van der Waals surface area contributed by atoms with Crippen LogP contribution in [0.25, 0.3) is 11.0 Å². The van der Waals surface area contributed by atoms with Crippen LogP contribution in [0, 0.1) is 5.92 Å². The van der Waals surface area contributed by atoms with Crippen LogP contribution in [0.3, 0.4) is 0 Å². The summed E-state index contributed by atoms with van der Waals surface area (Å²) in [5.74, 6) is -0.112. The van der Waals surface area contributed by atoms with Gasteiger partial charge in [-0.3, -0.25) is 4.79 Å². The van der Waals surface area contributed by atoms with Crippen LogP contribution < -0.4 is 19.8 Å². The van der Waals surface area contributed by atoms with Crippen molar-refractivity contribution in [2.45, 2.75) is 5.92 Å². The minimum atomic E-state index is -0.693. The number of ether oxygens (including phenoxy) is 4. The van der Waals surface area contributed by atoms with E-state index in [1.807, 2.05) is 18.2 Å². The molecule has 0 N–H and O–H groups in total. The normalized spacial score (nSPS) is 19.8. The Hall–Kier alpha value is -3.48. The highest BCUT2D eigenvalue weighted by Gasteiger charge is 2.41. The third kappa shape index (κ3) is 2.43. The topological polar surface area (TPSA) is 84.2 Å². The number of hydrogen-bond acceptors (Lipinski definition) is 7. The first-order valence-electron chi connectivity index (χ1n) is 8.83. The van der Waals surface area contributed by atoms with E-state index < -0.39 is 23.4 Å². The van der Waals surface area contributed by atoms with Crippen LogP contribution in [0.1, 0.15) is 17.0 Å². The van der Waals surface area contributed by atoms with E-state index in [1.165, 1.54) is 7.11 Å². The monoisotopic (exact) mass is 380 g/mol. The summed E-state index contributed by atoms with van der Waals surface area (Å²) in [4.78, 5) is 25.4. The number of para-hydroxylation sites is 1. The van der Waals surface area contributed by atoms with Crippen molar-refractivity contribution in [3.8, 4) is 17.2 Å². The predicted molar refractivity (Wildman–Crippen MR) is 97.9 cm³/mol. The van der Waals surface area contributed by atoms with E-state index in [9.17, 15) is 9.59 Å². The smallest absolute Gasteiger partial charge is 0.343 e. The lowest BCUT2D eigenvalue weighted by Gasteiger charge is -2.31. The molecular formula is C21H16O7. The number of esters is 1. The van der Waals surface area contributed by atoms with E-state index in [2.05, 4.69) is 0 Å². The number of hydrogen-bond donors (Lipinski definition) is 0. The fourth-order valence-corrected chi connectivity index (χ4v) is 3.89.